The van der Waals surface area contributed by atoms with E-state index in [0.29, 0.717) is 18.1 Å². The summed E-state index contributed by atoms with van der Waals surface area (Å²) < 4.78 is 5.44. The first-order chi connectivity index (χ1) is 7.81. The molecule has 17 heavy (non-hydrogen) atoms. The van der Waals surface area contributed by atoms with Crippen molar-refractivity contribution >= 4 is 11.8 Å². The number of Topliss-reactive ketones (excluding diaryl/α,β-unsaturated/α-hetero) is 1. The van der Waals surface area contributed by atoms with Gasteiger partial charge in [0.05, 0.1) is 0 Å². The topological polar surface area (TPSA) is 121 Å². The molecule has 4 fully saturated rings. The Hall–Kier alpha value is -0.980. The zero-order chi connectivity index (χ0) is 12.2. The summed E-state index contributed by atoms with van der Waals surface area (Å²) in [6.45, 7) is 0. The van der Waals surface area contributed by atoms with Crippen molar-refractivity contribution in [2.24, 2.45) is 40.4 Å². The Morgan fingerprint density at radius 1 is 1.29 bits per heavy atom. The van der Waals surface area contributed by atoms with Crippen molar-refractivity contribution in [3.05, 3.63) is 0 Å². The lowest BCUT2D eigenvalue weighted by Gasteiger charge is -2.53. The van der Waals surface area contributed by atoms with E-state index in [9.17, 15) is 9.59 Å². The first kappa shape index (κ1) is 9.99. The molecule has 0 bridgehead atoms. The number of nitrogens with two attached hydrogens (primary N) is 3. The summed E-state index contributed by atoms with van der Waals surface area (Å²) in [4.78, 5) is 23.3. The lowest BCUT2D eigenvalue weighted by Crippen LogP contribution is -2.65. The Morgan fingerprint density at radius 2 is 1.94 bits per heavy atom. The summed E-state index contributed by atoms with van der Waals surface area (Å²) in [7, 11) is 0. The summed E-state index contributed by atoms with van der Waals surface area (Å²) in [5.74, 6) is -1.56. The highest BCUT2D eigenvalue weighted by atomic mass is 16.6. The van der Waals surface area contributed by atoms with E-state index in [0.717, 1.165) is 12.8 Å². The molecule has 0 aromatic rings. The van der Waals surface area contributed by atoms with Gasteiger partial charge in [0.15, 0.2) is 0 Å². The van der Waals surface area contributed by atoms with Crippen molar-refractivity contribution in [3.8, 4) is 0 Å². The molecule has 5 unspecified atom stereocenters. The normalized spacial score (nSPS) is 53.1. The zero-order valence-electron chi connectivity index (χ0n) is 9.31. The molecule has 4 aliphatic rings. The summed E-state index contributed by atoms with van der Waals surface area (Å²) in [5.41, 5.74) is 15.5. The maximum atomic E-state index is 11.7. The number of carbonyl (C=O) groups is 2. The third-order valence-electron chi connectivity index (χ3n) is 5.39. The fraction of sp³-hybridized carbons (Fsp3) is 0.818. The summed E-state index contributed by atoms with van der Waals surface area (Å²) in [6, 6.07) is 0. The van der Waals surface area contributed by atoms with Crippen molar-refractivity contribution < 1.29 is 14.3 Å². The molecule has 0 heterocycles. The van der Waals surface area contributed by atoms with Crippen LogP contribution in [0.4, 0.5) is 0 Å². The smallest absolute Gasteiger partial charge is 0.357 e. The lowest BCUT2D eigenvalue weighted by atomic mass is 9.47. The molecule has 0 radical (unpaired) electrons. The van der Waals surface area contributed by atoms with Gasteiger partial charge < -0.3 is 4.74 Å². The minimum absolute atomic E-state index is 0.0666. The molecule has 1 spiro atoms. The van der Waals surface area contributed by atoms with Crippen molar-refractivity contribution in [1.82, 2.24) is 0 Å². The van der Waals surface area contributed by atoms with Gasteiger partial charge in [0.25, 0.3) is 0 Å². The van der Waals surface area contributed by atoms with Crippen LogP contribution in [-0.2, 0) is 14.3 Å². The molecule has 4 rings (SSSR count). The SMILES string of the molecule is NC(N)(N)C(=O)OC12CC3C(=O)C4CC1(C2)C34. The Bertz CT molecular complexity index is 471. The van der Waals surface area contributed by atoms with Crippen LogP contribution in [-0.4, -0.2) is 23.1 Å². The van der Waals surface area contributed by atoms with E-state index in [1.807, 2.05) is 0 Å². The van der Waals surface area contributed by atoms with E-state index in [1.165, 1.54) is 0 Å². The summed E-state index contributed by atoms with van der Waals surface area (Å²) in [6.07, 6.45) is 2.37. The molecule has 6 nitrogen and oxygen atoms in total. The van der Waals surface area contributed by atoms with Crippen molar-refractivity contribution in [2.45, 2.75) is 30.7 Å². The fourth-order valence-electron chi connectivity index (χ4n) is 4.61. The summed E-state index contributed by atoms with van der Waals surface area (Å²) in [5, 5.41) is 0. The molecule has 6 N–H and O–H groups in total. The van der Waals surface area contributed by atoms with Crippen LogP contribution < -0.4 is 17.2 Å². The van der Waals surface area contributed by atoms with Gasteiger partial charge in [0.1, 0.15) is 11.4 Å². The van der Waals surface area contributed by atoms with Crippen LogP contribution in [0.5, 0.6) is 0 Å². The van der Waals surface area contributed by atoms with Crippen molar-refractivity contribution in [2.75, 3.05) is 0 Å². The second kappa shape index (κ2) is 2.28. The van der Waals surface area contributed by atoms with Gasteiger partial charge in [-0.2, -0.15) is 0 Å². The summed E-state index contributed by atoms with van der Waals surface area (Å²) >= 11 is 0. The van der Waals surface area contributed by atoms with Gasteiger partial charge in [-0.25, -0.2) is 4.79 Å². The molecule has 0 aliphatic heterocycles. The first-order valence-electron chi connectivity index (χ1n) is 5.95. The minimum Gasteiger partial charge on any atom is -0.455 e. The van der Waals surface area contributed by atoms with Crippen LogP contribution in [0.1, 0.15) is 19.3 Å². The van der Waals surface area contributed by atoms with Gasteiger partial charge >= 0.3 is 5.97 Å². The van der Waals surface area contributed by atoms with Crippen LogP contribution in [0.25, 0.3) is 0 Å². The van der Waals surface area contributed by atoms with Crippen molar-refractivity contribution in [3.63, 3.8) is 0 Å². The predicted octanol–water partition coefficient (Wildman–Crippen LogP) is -1.57. The van der Waals surface area contributed by atoms with Gasteiger partial charge in [-0.05, 0) is 25.2 Å². The van der Waals surface area contributed by atoms with Gasteiger partial charge in [0, 0.05) is 17.3 Å². The molecular weight excluding hydrogens is 222 g/mol. The van der Waals surface area contributed by atoms with Crippen LogP contribution in [0.15, 0.2) is 0 Å². The highest BCUT2D eigenvalue weighted by Gasteiger charge is 2.91. The third-order valence-corrected chi connectivity index (χ3v) is 5.39. The number of hydrogen-bond acceptors (Lipinski definition) is 6. The molecule has 0 aromatic carbocycles. The molecule has 4 saturated carbocycles. The predicted molar refractivity (Wildman–Crippen MR) is 55.9 cm³/mol. The van der Waals surface area contributed by atoms with E-state index in [-0.39, 0.29) is 17.3 Å². The van der Waals surface area contributed by atoms with Crippen LogP contribution in [0, 0.1) is 23.2 Å². The maximum Gasteiger partial charge on any atom is 0.357 e. The molecule has 0 aromatic heterocycles. The largest absolute Gasteiger partial charge is 0.455 e. The monoisotopic (exact) mass is 237 g/mol. The Labute approximate surface area is 97.8 Å². The molecular formula is C11H15N3O3. The lowest BCUT2D eigenvalue weighted by molar-refractivity contribution is -0.164. The number of hydrogen-bond donors (Lipinski definition) is 3. The van der Waals surface area contributed by atoms with Gasteiger partial charge in [-0.1, -0.05) is 0 Å². The number of esters is 1. The number of ketones is 1. The fourth-order valence-corrected chi connectivity index (χ4v) is 4.61. The Morgan fingerprint density at radius 3 is 2.53 bits per heavy atom. The van der Waals surface area contributed by atoms with E-state index in [4.69, 9.17) is 21.9 Å². The van der Waals surface area contributed by atoms with Gasteiger partial charge in [-0.15, -0.1) is 0 Å². The molecule has 0 saturated heterocycles. The third kappa shape index (κ3) is 0.841. The molecule has 6 heteroatoms. The Kier molecular flexibility index (Phi) is 1.34. The average Bonchev–Trinajstić information content (AvgIpc) is 2.79. The van der Waals surface area contributed by atoms with E-state index >= 15 is 0 Å². The highest BCUT2D eigenvalue weighted by Crippen LogP contribution is 2.87. The quantitative estimate of drug-likeness (QED) is 0.394. The second-order valence-electron chi connectivity index (χ2n) is 6.20. The second-order valence-corrected chi connectivity index (χ2v) is 6.20. The molecule has 92 valence electrons. The minimum atomic E-state index is -1.94. The van der Waals surface area contributed by atoms with Gasteiger partial charge in [0.2, 0.25) is 5.79 Å². The van der Waals surface area contributed by atoms with Crippen LogP contribution in [0.2, 0.25) is 0 Å². The zero-order valence-corrected chi connectivity index (χ0v) is 9.31. The van der Waals surface area contributed by atoms with E-state index < -0.39 is 17.4 Å². The van der Waals surface area contributed by atoms with Crippen LogP contribution >= 0.6 is 0 Å². The Balaban J connectivity index is 1.58. The number of rotatable bonds is 2. The first-order valence-corrected chi connectivity index (χ1v) is 5.95. The standard InChI is InChI=1S/C11H15N3O3/c12-11(13,14)8(16)17-10-2-5-6-4(7(5)15)1-9(6,10)3-10/h4-6H,1-3,12-14H2. The van der Waals surface area contributed by atoms with Crippen LogP contribution in [0.3, 0.4) is 0 Å². The maximum absolute atomic E-state index is 11.7. The molecule has 5 atom stereocenters. The molecule has 0 amide bonds. The number of carbonyl (C=O) groups excluding carboxylic acids is 2. The van der Waals surface area contributed by atoms with E-state index in [2.05, 4.69) is 0 Å². The molecule has 4 aliphatic carbocycles. The van der Waals surface area contributed by atoms with Gasteiger partial charge in [-0.3, -0.25) is 22.0 Å². The number of ether oxygens (including phenoxy) is 1. The van der Waals surface area contributed by atoms with Crippen molar-refractivity contribution in [1.29, 1.82) is 0 Å². The average molecular weight is 237 g/mol. The van der Waals surface area contributed by atoms with E-state index in [1.54, 1.807) is 0 Å². The highest BCUT2D eigenvalue weighted by molar-refractivity contribution is 5.95.